The maximum absolute atomic E-state index is 12.6. The predicted octanol–water partition coefficient (Wildman–Crippen LogP) is 1.66. The van der Waals surface area contributed by atoms with Crippen LogP contribution < -0.4 is 10.5 Å². The maximum atomic E-state index is 12.6. The van der Waals surface area contributed by atoms with Gasteiger partial charge in [0.05, 0.1) is 6.42 Å². The number of nitrogens with zero attached hydrogens (tertiary/aromatic N) is 1. The maximum Gasteiger partial charge on any atom is 0.574 e. The predicted molar refractivity (Wildman–Crippen MR) is 51.5 cm³/mol. The summed E-state index contributed by atoms with van der Waals surface area (Å²) in [7, 11) is 0. The smallest absolute Gasteiger partial charge is 0.481 e. The van der Waals surface area contributed by atoms with E-state index in [2.05, 4.69) is 9.72 Å². The minimum atomic E-state index is -4.98. The first kappa shape index (κ1) is 14.0. The van der Waals surface area contributed by atoms with Crippen LogP contribution in [-0.4, -0.2) is 22.4 Å². The fraction of sp³-hybridized carbons (Fsp3) is 0.333. The SMILES string of the molecule is Nc1nc(OC(F)(F)F)cc(CF)c1CC(=O)O. The highest BCUT2D eigenvalue weighted by Gasteiger charge is 2.32. The summed E-state index contributed by atoms with van der Waals surface area (Å²) in [6.07, 6.45) is -5.62. The Labute approximate surface area is 98.2 Å². The number of ether oxygens (including phenoxy) is 1. The first-order chi connectivity index (χ1) is 8.23. The van der Waals surface area contributed by atoms with Gasteiger partial charge in [0.2, 0.25) is 5.88 Å². The number of aliphatic carboxylic acids is 1. The summed E-state index contributed by atoms with van der Waals surface area (Å²) >= 11 is 0. The van der Waals surface area contributed by atoms with Crippen molar-refractivity contribution in [2.45, 2.75) is 19.5 Å². The van der Waals surface area contributed by atoms with Gasteiger partial charge in [-0.25, -0.2) is 4.39 Å². The van der Waals surface area contributed by atoms with Crippen LogP contribution in [0.2, 0.25) is 0 Å². The molecule has 0 saturated heterocycles. The van der Waals surface area contributed by atoms with Crippen molar-refractivity contribution in [2.24, 2.45) is 0 Å². The van der Waals surface area contributed by atoms with Crippen LogP contribution >= 0.6 is 0 Å². The van der Waals surface area contributed by atoms with Crippen LogP contribution in [0.3, 0.4) is 0 Å². The van der Waals surface area contributed by atoms with Gasteiger partial charge in [0, 0.05) is 11.6 Å². The van der Waals surface area contributed by atoms with Crippen LogP contribution in [0.4, 0.5) is 23.4 Å². The minimum Gasteiger partial charge on any atom is -0.481 e. The number of hydrogen-bond donors (Lipinski definition) is 2. The number of pyridine rings is 1. The summed E-state index contributed by atoms with van der Waals surface area (Å²) in [5, 5.41) is 8.55. The van der Waals surface area contributed by atoms with E-state index >= 15 is 0 Å². The molecule has 0 amide bonds. The highest BCUT2D eigenvalue weighted by molar-refractivity contribution is 5.73. The van der Waals surface area contributed by atoms with Crippen LogP contribution in [0, 0.1) is 0 Å². The Balaban J connectivity index is 3.14. The van der Waals surface area contributed by atoms with Crippen molar-refractivity contribution < 1.29 is 32.2 Å². The summed E-state index contributed by atoms with van der Waals surface area (Å²) in [6.45, 7) is -1.18. The lowest BCUT2D eigenvalue weighted by atomic mass is 10.1. The number of anilines is 1. The van der Waals surface area contributed by atoms with Crippen molar-refractivity contribution in [3.8, 4) is 5.88 Å². The number of alkyl halides is 4. The summed E-state index contributed by atoms with van der Waals surface area (Å²) in [5.41, 5.74) is 4.81. The molecule has 9 heteroatoms. The summed E-state index contributed by atoms with van der Waals surface area (Å²) in [5.74, 6) is -2.74. The van der Waals surface area contributed by atoms with E-state index in [1.54, 1.807) is 0 Å². The van der Waals surface area contributed by atoms with E-state index in [-0.39, 0.29) is 11.1 Å². The zero-order valence-electron chi connectivity index (χ0n) is 8.79. The van der Waals surface area contributed by atoms with Crippen molar-refractivity contribution >= 4 is 11.8 Å². The molecule has 0 aliphatic carbocycles. The van der Waals surface area contributed by atoms with Gasteiger partial charge in [-0.1, -0.05) is 0 Å². The van der Waals surface area contributed by atoms with Gasteiger partial charge in [-0.3, -0.25) is 4.79 Å². The quantitative estimate of drug-likeness (QED) is 0.811. The molecule has 0 aliphatic heterocycles. The van der Waals surface area contributed by atoms with E-state index in [0.29, 0.717) is 6.07 Å². The van der Waals surface area contributed by atoms with Gasteiger partial charge in [-0.15, -0.1) is 13.2 Å². The molecule has 0 aromatic carbocycles. The van der Waals surface area contributed by atoms with E-state index < -0.39 is 37.1 Å². The van der Waals surface area contributed by atoms with Gasteiger partial charge in [0.1, 0.15) is 12.5 Å². The Morgan fingerprint density at radius 3 is 2.56 bits per heavy atom. The Bertz CT molecular complexity index is 462. The monoisotopic (exact) mass is 268 g/mol. The van der Waals surface area contributed by atoms with Gasteiger partial charge in [0.15, 0.2) is 0 Å². The molecule has 0 spiro atoms. The van der Waals surface area contributed by atoms with E-state index in [0.717, 1.165) is 0 Å². The van der Waals surface area contributed by atoms with Gasteiger partial charge < -0.3 is 15.6 Å². The standard InChI is InChI=1S/C9H8F4N2O3/c10-3-4-1-6(18-9(11,12)13)15-8(14)5(4)2-7(16)17/h1H,2-3H2,(H2,14,15)(H,16,17). The van der Waals surface area contributed by atoms with E-state index in [1.807, 2.05) is 0 Å². The topological polar surface area (TPSA) is 85.4 Å². The second kappa shape index (κ2) is 5.07. The second-order valence-corrected chi connectivity index (χ2v) is 3.24. The summed E-state index contributed by atoms with van der Waals surface area (Å²) in [4.78, 5) is 13.7. The first-order valence-corrected chi connectivity index (χ1v) is 4.54. The Kier molecular flexibility index (Phi) is 3.94. The molecule has 0 atom stereocenters. The molecule has 0 bridgehead atoms. The fourth-order valence-electron chi connectivity index (χ4n) is 1.26. The van der Waals surface area contributed by atoms with Crippen molar-refractivity contribution in [3.63, 3.8) is 0 Å². The van der Waals surface area contributed by atoms with Crippen molar-refractivity contribution in [1.29, 1.82) is 0 Å². The average Bonchev–Trinajstić information content (AvgIpc) is 2.18. The number of carboxylic acids is 1. The molecule has 0 fully saturated rings. The van der Waals surface area contributed by atoms with Crippen molar-refractivity contribution in [3.05, 3.63) is 17.2 Å². The zero-order valence-corrected chi connectivity index (χ0v) is 8.79. The van der Waals surface area contributed by atoms with Crippen molar-refractivity contribution in [1.82, 2.24) is 4.98 Å². The van der Waals surface area contributed by atoms with Gasteiger partial charge in [-0.05, 0) is 5.56 Å². The molecule has 1 aromatic heterocycles. The van der Waals surface area contributed by atoms with Gasteiger partial charge in [-0.2, -0.15) is 4.98 Å². The number of nitrogen functional groups attached to an aromatic ring is 1. The largest absolute Gasteiger partial charge is 0.574 e. The highest BCUT2D eigenvalue weighted by Crippen LogP contribution is 2.26. The third kappa shape index (κ3) is 3.75. The number of rotatable bonds is 4. The summed E-state index contributed by atoms with van der Waals surface area (Å²) < 4.78 is 51.9. The van der Waals surface area contributed by atoms with E-state index in [1.165, 1.54) is 0 Å². The molecule has 1 aromatic rings. The molecule has 0 radical (unpaired) electrons. The van der Waals surface area contributed by atoms with Crippen LogP contribution in [0.15, 0.2) is 6.07 Å². The molecule has 5 nitrogen and oxygen atoms in total. The molecule has 0 saturated carbocycles. The normalized spacial score (nSPS) is 11.3. The second-order valence-electron chi connectivity index (χ2n) is 3.24. The lowest BCUT2D eigenvalue weighted by molar-refractivity contribution is -0.276. The Morgan fingerprint density at radius 1 is 1.50 bits per heavy atom. The molecule has 1 rings (SSSR count). The third-order valence-corrected chi connectivity index (χ3v) is 1.92. The number of hydrogen-bond acceptors (Lipinski definition) is 4. The molecule has 18 heavy (non-hydrogen) atoms. The highest BCUT2D eigenvalue weighted by atomic mass is 19.4. The van der Waals surface area contributed by atoms with Crippen LogP contribution in [0.5, 0.6) is 5.88 Å². The Hall–Kier alpha value is -2.06. The first-order valence-electron chi connectivity index (χ1n) is 4.54. The minimum absolute atomic E-state index is 0.167. The van der Waals surface area contributed by atoms with Crippen molar-refractivity contribution in [2.75, 3.05) is 5.73 Å². The molecule has 0 aliphatic rings. The molecule has 1 heterocycles. The number of halogens is 4. The van der Waals surface area contributed by atoms with Gasteiger partial charge >= 0.3 is 12.3 Å². The molecule has 3 N–H and O–H groups in total. The van der Waals surface area contributed by atoms with Crippen LogP contribution in [0.25, 0.3) is 0 Å². The summed E-state index contributed by atoms with van der Waals surface area (Å²) in [6, 6.07) is 0.669. The van der Waals surface area contributed by atoms with E-state index in [9.17, 15) is 22.4 Å². The number of nitrogens with two attached hydrogens (primary N) is 1. The van der Waals surface area contributed by atoms with E-state index in [4.69, 9.17) is 10.8 Å². The fourth-order valence-corrected chi connectivity index (χ4v) is 1.26. The lowest BCUT2D eigenvalue weighted by Crippen LogP contribution is -2.19. The lowest BCUT2D eigenvalue weighted by Gasteiger charge is -2.12. The third-order valence-electron chi connectivity index (χ3n) is 1.92. The van der Waals surface area contributed by atoms with Crippen LogP contribution in [0.1, 0.15) is 11.1 Å². The molecular weight excluding hydrogens is 260 g/mol. The number of carbonyl (C=O) groups is 1. The zero-order chi connectivity index (χ0) is 13.9. The number of carboxylic acid groups (broad SMARTS) is 1. The van der Waals surface area contributed by atoms with Gasteiger partial charge in [0.25, 0.3) is 0 Å². The molecular formula is C9H8F4N2O3. The molecule has 100 valence electrons. The Morgan fingerprint density at radius 2 is 2.11 bits per heavy atom. The molecule has 0 unspecified atom stereocenters. The number of aromatic nitrogens is 1. The average molecular weight is 268 g/mol. The van der Waals surface area contributed by atoms with Crippen LogP contribution in [-0.2, 0) is 17.9 Å².